The molecule has 2 rings (SSSR count). The van der Waals surface area contributed by atoms with Crippen LogP contribution in [0.25, 0.3) is 0 Å². The number of nitro groups is 1. The van der Waals surface area contributed by atoms with Crippen molar-refractivity contribution in [1.29, 1.82) is 0 Å². The average Bonchev–Trinajstić information content (AvgIpc) is 2.46. The third kappa shape index (κ3) is 4.15. The molecule has 21 heavy (non-hydrogen) atoms. The first-order valence-corrected chi connectivity index (χ1v) is 7.25. The Labute approximate surface area is 127 Å². The Morgan fingerprint density at radius 1 is 1.38 bits per heavy atom. The monoisotopic (exact) mass is 312 g/mol. The zero-order chi connectivity index (χ0) is 15.4. The summed E-state index contributed by atoms with van der Waals surface area (Å²) in [4.78, 5) is 22.4. The number of amides is 1. The highest BCUT2D eigenvalue weighted by molar-refractivity contribution is 6.31. The Morgan fingerprint density at radius 3 is 2.67 bits per heavy atom. The largest absolute Gasteiger partial charge is 0.393 e. The predicted molar refractivity (Wildman–Crippen MR) is 78.4 cm³/mol. The van der Waals surface area contributed by atoms with E-state index < -0.39 is 10.8 Å². The molecule has 1 aromatic carbocycles. The summed E-state index contributed by atoms with van der Waals surface area (Å²) in [6.45, 7) is 0.454. The lowest BCUT2D eigenvalue weighted by Crippen LogP contribution is -2.32. The van der Waals surface area contributed by atoms with Crippen molar-refractivity contribution < 1.29 is 14.8 Å². The lowest BCUT2D eigenvalue weighted by molar-refractivity contribution is -0.385. The van der Waals surface area contributed by atoms with Crippen LogP contribution in [-0.2, 0) is 0 Å². The van der Waals surface area contributed by atoms with Crippen LogP contribution in [0, 0.1) is 16.0 Å². The fraction of sp³-hybridized carbons (Fsp3) is 0.500. The number of carbonyl (C=O) groups is 1. The van der Waals surface area contributed by atoms with Gasteiger partial charge in [0, 0.05) is 17.6 Å². The number of hydrogen-bond acceptors (Lipinski definition) is 4. The zero-order valence-corrected chi connectivity index (χ0v) is 12.2. The molecular formula is C14H17ClN2O4. The minimum absolute atomic E-state index is 0.0247. The second kappa shape index (κ2) is 6.87. The molecule has 0 aromatic heterocycles. The van der Waals surface area contributed by atoms with Gasteiger partial charge < -0.3 is 10.4 Å². The van der Waals surface area contributed by atoms with E-state index in [0.29, 0.717) is 12.5 Å². The van der Waals surface area contributed by atoms with Gasteiger partial charge in [0.2, 0.25) is 0 Å². The van der Waals surface area contributed by atoms with Crippen molar-refractivity contribution in [2.75, 3.05) is 6.54 Å². The van der Waals surface area contributed by atoms with Crippen molar-refractivity contribution >= 4 is 23.2 Å². The van der Waals surface area contributed by atoms with E-state index in [2.05, 4.69) is 5.32 Å². The van der Waals surface area contributed by atoms with Crippen molar-refractivity contribution in [2.45, 2.75) is 31.8 Å². The maximum Gasteiger partial charge on any atom is 0.282 e. The van der Waals surface area contributed by atoms with Crippen LogP contribution in [-0.4, -0.2) is 28.6 Å². The molecule has 0 bridgehead atoms. The highest BCUT2D eigenvalue weighted by atomic mass is 35.5. The normalized spacial score (nSPS) is 21.8. The summed E-state index contributed by atoms with van der Waals surface area (Å²) in [5, 5.41) is 23.4. The SMILES string of the molecule is O=C(NCC1CCC(O)CC1)c1cc(Cl)ccc1[N+](=O)[O-]. The highest BCUT2D eigenvalue weighted by Gasteiger charge is 2.23. The van der Waals surface area contributed by atoms with Gasteiger partial charge in [0.05, 0.1) is 11.0 Å². The summed E-state index contributed by atoms with van der Waals surface area (Å²) in [5.74, 6) is -0.189. The van der Waals surface area contributed by atoms with Gasteiger partial charge >= 0.3 is 0 Å². The predicted octanol–water partition coefficient (Wildman–Crippen LogP) is 2.53. The Hall–Kier alpha value is -1.66. The van der Waals surface area contributed by atoms with E-state index >= 15 is 0 Å². The lowest BCUT2D eigenvalue weighted by Gasteiger charge is -2.25. The van der Waals surface area contributed by atoms with Gasteiger partial charge in [-0.05, 0) is 43.7 Å². The number of hydrogen-bond donors (Lipinski definition) is 2. The van der Waals surface area contributed by atoms with Gasteiger partial charge in [0.1, 0.15) is 5.56 Å². The Balaban J connectivity index is 2.00. The van der Waals surface area contributed by atoms with E-state index in [-0.39, 0.29) is 22.4 Å². The summed E-state index contributed by atoms with van der Waals surface area (Å²) in [6.07, 6.45) is 2.92. The molecule has 1 fully saturated rings. The molecule has 0 aliphatic heterocycles. The first-order valence-electron chi connectivity index (χ1n) is 6.87. The minimum atomic E-state index is -0.595. The van der Waals surface area contributed by atoms with Crippen LogP contribution in [0.15, 0.2) is 18.2 Å². The lowest BCUT2D eigenvalue weighted by atomic mass is 9.87. The van der Waals surface area contributed by atoms with Crippen molar-refractivity contribution in [3.63, 3.8) is 0 Å². The van der Waals surface area contributed by atoms with Crippen LogP contribution in [0.4, 0.5) is 5.69 Å². The van der Waals surface area contributed by atoms with Gasteiger partial charge in [-0.2, -0.15) is 0 Å². The highest BCUT2D eigenvalue weighted by Crippen LogP contribution is 2.25. The molecule has 6 nitrogen and oxygen atoms in total. The van der Waals surface area contributed by atoms with Gasteiger partial charge in [0.25, 0.3) is 11.6 Å². The number of carbonyl (C=O) groups excluding carboxylic acids is 1. The molecule has 1 aromatic rings. The molecule has 0 spiro atoms. The molecule has 1 aliphatic rings. The Kier molecular flexibility index (Phi) is 5.14. The second-order valence-electron chi connectivity index (χ2n) is 5.30. The van der Waals surface area contributed by atoms with Crippen LogP contribution in [0.2, 0.25) is 5.02 Å². The molecule has 0 radical (unpaired) electrons. The topological polar surface area (TPSA) is 92.5 Å². The first kappa shape index (κ1) is 15.7. The smallest absolute Gasteiger partial charge is 0.282 e. The van der Waals surface area contributed by atoms with Gasteiger partial charge in [-0.25, -0.2) is 0 Å². The molecule has 0 atom stereocenters. The molecule has 2 N–H and O–H groups in total. The molecule has 114 valence electrons. The third-order valence-corrected chi connectivity index (χ3v) is 4.00. The number of rotatable bonds is 4. The van der Waals surface area contributed by atoms with Crippen molar-refractivity contribution in [1.82, 2.24) is 5.32 Å². The Bertz CT molecular complexity index is 542. The number of nitrogens with zero attached hydrogens (tertiary/aromatic N) is 1. The summed E-state index contributed by atoms with van der Waals surface area (Å²) < 4.78 is 0. The zero-order valence-electron chi connectivity index (χ0n) is 11.4. The summed E-state index contributed by atoms with van der Waals surface area (Å²) >= 11 is 5.80. The third-order valence-electron chi connectivity index (χ3n) is 3.77. The summed E-state index contributed by atoms with van der Waals surface area (Å²) in [5.41, 5.74) is -0.278. The molecule has 1 aliphatic carbocycles. The van der Waals surface area contributed by atoms with E-state index in [9.17, 15) is 20.0 Å². The molecule has 0 unspecified atom stereocenters. The van der Waals surface area contributed by atoms with Gasteiger partial charge in [-0.15, -0.1) is 0 Å². The fourth-order valence-electron chi connectivity index (χ4n) is 2.53. The number of aliphatic hydroxyl groups is 1. The van der Waals surface area contributed by atoms with Crippen LogP contribution >= 0.6 is 11.6 Å². The van der Waals surface area contributed by atoms with E-state index in [4.69, 9.17) is 11.6 Å². The van der Waals surface area contributed by atoms with Crippen LogP contribution in [0.1, 0.15) is 36.0 Å². The van der Waals surface area contributed by atoms with Gasteiger partial charge in [0.15, 0.2) is 0 Å². The molecular weight excluding hydrogens is 296 g/mol. The van der Waals surface area contributed by atoms with E-state index in [1.165, 1.54) is 18.2 Å². The summed E-state index contributed by atoms with van der Waals surface area (Å²) in [6, 6.07) is 3.92. The molecule has 0 heterocycles. The quantitative estimate of drug-likeness (QED) is 0.660. The van der Waals surface area contributed by atoms with Crippen LogP contribution < -0.4 is 5.32 Å². The average molecular weight is 313 g/mol. The minimum Gasteiger partial charge on any atom is -0.393 e. The summed E-state index contributed by atoms with van der Waals surface area (Å²) in [7, 11) is 0. The number of halogens is 1. The van der Waals surface area contributed by atoms with E-state index in [1.807, 2.05) is 0 Å². The van der Waals surface area contributed by atoms with Crippen molar-refractivity contribution in [3.8, 4) is 0 Å². The van der Waals surface area contributed by atoms with Crippen LogP contribution in [0.5, 0.6) is 0 Å². The molecule has 1 saturated carbocycles. The number of aliphatic hydroxyl groups excluding tert-OH is 1. The second-order valence-corrected chi connectivity index (χ2v) is 5.74. The van der Waals surface area contributed by atoms with Crippen molar-refractivity contribution in [2.24, 2.45) is 5.92 Å². The fourth-order valence-corrected chi connectivity index (χ4v) is 2.70. The van der Waals surface area contributed by atoms with E-state index in [1.54, 1.807) is 0 Å². The molecule has 7 heteroatoms. The number of nitrogens with one attached hydrogen (secondary N) is 1. The Morgan fingerprint density at radius 2 is 2.05 bits per heavy atom. The van der Waals surface area contributed by atoms with Crippen LogP contribution in [0.3, 0.4) is 0 Å². The maximum atomic E-state index is 12.1. The molecule has 1 amide bonds. The molecule has 0 saturated heterocycles. The first-order chi connectivity index (χ1) is 9.97. The van der Waals surface area contributed by atoms with Gasteiger partial charge in [-0.3, -0.25) is 14.9 Å². The van der Waals surface area contributed by atoms with E-state index in [0.717, 1.165) is 25.7 Å². The van der Waals surface area contributed by atoms with Crippen molar-refractivity contribution in [3.05, 3.63) is 38.9 Å². The number of benzene rings is 1. The standard InChI is InChI=1S/C14H17ClN2O4/c15-10-3-6-13(17(20)21)12(7-10)14(19)16-8-9-1-4-11(18)5-2-9/h3,6-7,9,11,18H,1-2,4-5,8H2,(H,16,19). The maximum absolute atomic E-state index is 12.1. The van der Waals surface area contributed by atoms with Gasteiger partial charge in [-0.1, -0.05) is 11.6 Å². The number of nitro benzene ring substituents is 1.